The van der Waals surface area contributed by atoms with E-state index in [9.17, 15) is 14.7 Å². The Morgan fingerprint density at radius 2 is 1.86 bits per heavy atom. The third-order valence-electron chi connectivity index (χ3n) is 5.21. The third kappa shape index (κ3) is 5.59. The second-order valence-electron chi connectivity index (χ2n) is 7.34. The second kappa shape index (κ2) is 9.40. The van der Waals surface area contributed by atoms with Gasteiger partial charge in [-0.2, -0.15) is 0 Å². The first-order valence-corrected chi connectivity index (χ1v) is 9.83. The number of nitrogens with one attached hydrogen (secondary N) is 1. The standard InChI is InChI=1S/C23H27NO4/c1-2-28-20-10-8-16(9-11-20)12-19(23(26)27)15-24-22(25)14-18-13-21(18)17-6-4-3-5-7-17/h3-11,18-19,21H,2,12-15H2,1H3,(H,24,25)(H,26,27)/t18-,19?,21-/m0/s1. The van der Waals surface area contributed by atoms with Crippen LogP contribution in [0.1, 0.15) is 36.8 Å². The number of benzene rings is 2. The lowest BCUT2D eigenvalue weighted by atomic mass is 9.99. The molecule has 0 aliphatic heterocycles. The smallest absolute Gasteiger partial charge is 0.308 e. The number of carboxylic acid groups (broad SMARTS) is 1. The zero-order valence-corrected chi connectivity index (χ0v) is 16.1. The van der Waals surface area contributed by atoms with Gasteiger partial charge in [-0.05, 0) is 54.9 Å². The monoisotopic (exact) mass is 381 g/mol. The first-order valence-electron chi connectivity index (χ1n) is 9.83. The fraction of sp³-hybridized carbons (Fsp3) is 0.391. The molecule has 3 atom stereocenters. The van der Waals surface area contributed by atoms with Crippen LogP contribution in [0, 0.1) is 11.8 Å². The molecule has 1 aliphatic carbocycles. The van der Waals surface area contributed by atoms with Gasteiger partial charge in [0.2, 0.25) is 5.91 Å². The van der Waals surface area contributed by atoms with Gasteiger partial charge in [-0.3, -0.25) is 9.59 Å². The van der Waals surface area contributed by atoms with Crippen molar-refractivity contribution < 1.29 is 19.4 Å². The predicted molar refractivity (Wildman–Crippen MR) is 107 cm³/mol. The number of carbonyl (C=O) groups excluding carboxylic acids is 1. The van der Waals surface area contributed by atoms with E-state index in [-0.39, 0.29) is 12.5 Å². The highest BCUT2D eigenvalue weighted by atomic mass is 16.5. The summed E-state index contributed by atoms with van der Waals surface area (Å²) in [4.78, 5) is 23.8. The lowest BCUT2D eigenvalue weighted by molar-refractivity contribution is -0.141. The van der Waals surface area contributed by atoms with Gasteiger partial charge in [-0.15, -0.1) is 0 Å². The van der Waals surface area contributed by atoms with Crippen LogP contribution in [0.25, 0.3) is 0 Å². The molecule has 28 heavy (non-hydrogen) atoms. The number of carbonyl (C=O) groups is 2. The number of ether oxygens (including phenoxy) is 1. The van der Waals surface area contributed by atoms with E-state index >= 15 is 0 Å². The van der Waals surface area contributed by atoms with Gasteiger partial charge >= 0.3 is 5.97 Å². The van der Waals surface area contributed by atoms with Gasteiger partial charge in [-0.1, -0.05) is 42.5 Å². The highest BCUT2D eigenvalue weighted by molar-refractivity contribution is 5.78. The van der Waals surface area contributed by atoms with E-state index in [2.05, 4.69) is 17.4 Å². The number of hydrogen-bond donors (Lipinski definition) is 2. The van der Waals surface area contributed by atoms with Gasteiger partial charge < -0.3 is 15.2 Å². The fourth-order valence-corrected chi connectivity index (χ4v) is 3.55. The van der Waals surface area contributed by atoms with Crippen LogP contribution in [0.15, 0.2) is 54.6 Å². The Labute approximate surface area is 165 Å². The summed E-state index contributed by atoms with van der Waals surface area (Å²) in [5, 5.41) is 12.3. The van der Waals surface area contributed by atoms with Crippen molar-refractivity contribution in [2.75, 3.05) is 13.2 Å². The molecule has 1 saturated carbocycles. The molecule has 0 aromatic heterocycles. The van der Waals surface area contributed by atoms with Gasteiger partial charge in [0.15, 0.2) is 0 Å². The minimum Gasteiger partial charge on any atom is -0.494 e. The molecule has 2 N–H and O–H groups in total. The van der Waals surface area contributed by atoms with E-state index in [0.717, 1.165) is 17.7 Å². The molecule has 1 unspecified atom stereocenters. The predicted octanol–water partition coefficient (Wildman–Crippen LogP) is 3.64. The zero-order chi connectivity index (χ0) is 19.9. The Kier molecular flexibility index (Phi) is 6.69. The van der Waals surface area contributed by atoms with Crippen molar-refractivity contribution in [2.45, 2.75) is 32.1 Å². The summed E-state index contributed by atoms with van der Waals surface area (Å²) in [6.07, 6.45) is 1.85. The Bertz CT molecular complexity index is 788. The van der Waals surface area contributed by atoms with Crippen molar-refractivity contribution in [3.05, 3.63) is 65.7 Å². The normalized spacial score (nSPS) is 18.9. The van der Waals surface area contributed by atoms with Gasteiger partial charge in [-0.25, -0.2) is 0 Å². The average Bonchev–Trinajstić information content (AvgIpc) is 3.46. The summed E-state index contributed by atoms with van der Waals surface area (Å²) in [6.45, 7) is 2.65. The van der Waals surface area contributed by atoms with E-state index in [0.29, 0.717) is 31.3 Å². The van der Waals surface area contributed by atoms with E-state index in [1.54, 1.807) is 0 Å². The van der Waals surface area contributed by atoms with Gasteiger partial charge in [0.05, 0.1) is 12.5 Å². The number of hydrogen-bond acceptors (Lipinski definition) is 3. The molecule has 2 aromatic carbocycles. The fourth-order valence-electron chi connectivity index (χ4n) is 3.55. The van der Waals surface area contributed by atoms with E-state index in [1.807, 2.05) is 49.4 Å². The van der Waals surface area contributed by atoms with Crippen LogP contribution in [-0.4, -0.2) is 30.1 Å². The van der Waals surface area contributed by atoms with Gasteiger partial charge in [0.1, 0.15) is 5.75 Å². The maximum absolute atomic E-state index is 12.2. The summed E-state index contributed by atoms with van der Waals surface area (Å²) in [5.41, 5.74) is 2.19. The highest BCUT2D eigenvalue weighted by Crippen LogP contribution is 2.49. The number of rotatable bonds is 10. The molecule has 148 valence electrons. The number of aliphatic carboxylic acids is 1. The van der Waals surface area contributed by atoms with Crippen LogP contribution in [0.2, 0.25) is 0 Å². The van der Waals surface area contributed by atoms with Crippen molar-refractivity contribution in [1.82, 2.24) is 5.32 Å². The maximum atomic E-state index is 12.2. The van der Waals surface area contributed by atoms with Crippen molar-refractivity contribution in [3.63, 3.8) is 0 Å². The van der Waals surface area contributed by atoms with Crippen molar-refractivity contribution in [2.24, 2.45) is 11.8 Å². The largest absolute Gasteiger partial charge is 0.494 e. The second-order valence-corrected chi connectivity index (χ2v) is 7.34. The van der Waals surface area contributed by atoms with E-state index in [1.165, 1.54) is 5.56 Å². The Balaban J connectivity index is 1.45. The first-order chi connectivity index (χ1) is 13.6. The molecule has 5 nitrogen and oxygen atoms in total. The summed E-state index contributed by atoms with van der Waals surface area (Å²) in [5.74, 6) is -0.0399. The topological polar surface area (TPSA) is 75.6 Å². The van der Waals surface area contributed by atoms with E-state index < -0.39 is 11.9 Å². The summed E-state index contributed by atoms with van der Waals surface area (Å²) >= 11 is 0. The first kappa shape index (κ1) is 19.9. The molecule has 0 radical (unpaired) electrons. The maximum Gasteiger partial charge on any atom is 0.308 e. The lowest BCUT2D eigenvalue weighted by Gasteiger charge is -2.14. The summed E-state index contributed by atoms with van der Waals surface area (Å²) < 4.78 is 5.40. The van der Waals surface area contributed by atoms with Crippen LogP contribution < -0.4 is 10.1 Å². The Morgan fingerprint density at radius 3 is 2.50 bits per heavy atom. The minimum atomic E-state index is -0.900. The zero-order valence-electron chi connectivity index (χ0n) is 16.1. The quantitative estimate of drug-likeness (QED) is 0.659. The van der Waals surface area contributed by atoms with Gasteiger partial charge in [0.25, 0.3) is 0 Å². The molecular formula is C23H27NO4. The molecule has 0 spiro atoms. The molecular weight excluding hydrogens is 354 g/mol. The van der Waals surface area contributed by atoms with Crippen molar-refractivity contribution in [1.29, 1.82) is 0 Å². The highest BCUT2D eigenvalue weighted by Gasteiger charge is 2.39. The average molecular weight is 381 g/mol. The Morgan fingerprint density at radius 1 is 1.14 bits per heavy atom. The molecule has 1 amide bonds. The molecule has 3 rings (SSSR count). The molecule has 1 aliphatic rings. The van der Waals surface area contributed by atoms with Gasteiger partial charge in [0, 0.05) is 13.0 Å². The van der Waals surface area contributed by atoms with Crippen LogP contribution >= 0.6 is 0 Å². The van der Waals surface area contributed by atoms with Crippen LogP contribution in [0.5, 0.6) is 5.75 Å². The van der Waals surface area contributed by atoms with Crippen LogP contribution in [0.3, 0.4) is 0 Å². The summed E-state index contributed by atoms with van der Waals surface area (Å²) in [6, 6.07) is 17.6. The third-order valence-corrected chi connectivity index (χ3v) is 5.21. The van der Waals surface area contributed by atoms with Crippen LogP contribution in [0.4, 0.5) is 0 Å². The molecule has 2 aromatic rings. The van der Waals surface area contributed by atoms with Crippen LogP contribution in [-0.2, 0) is 16.0 Å². The van der Waals surface area contributed by atoms with E-state index in [4.69, 9.17) is 4.74 Å². The number of carboxylic acids is 1. The molecule has 0 bridgehead atoms. The molecule has 0 saturated heterocycles. The lowest BCUT2D eigenvalue weighted by Crippen LogP contribution is -2.34. The Hall–Kier alpha value is -2.82. The van der Waals surface area contributed by atoms with Crippen molar-refractivity contribution >= 4 is 11.9 Å². The number of amides is 1. The van der Waals surface area contributed by atoms with Crippen molar-refractivity contribution in [3.8, 4) is 5.75 Å². The molecule has 1 fully saturated rings. The summed E-state index contributed by atoms with van der Waals surface area (Å²) in [7, 11) is 0. The minimum absolute atomic E-state index is 0.0682. The molecule has 5 heteroatoms. The molecule has 0 heterocycles. The SMILES string of the molecule is CCOc1ccc(CC(CNC(=O)C[C@@H]2C[C@H]2c2ccccc2)C(=O)O)cc1.